The molecule has 62 heavy (non-hydrogen) atoms. The third-order valence-electron chi connectivity index (χ3n) is 10.9. The summed E-state index contributed by atoms with van der Waals surface area (Å²) in [6.45, 7) is 7.60. The predicted octanol–water partition coefficient (Wildman–Crippen LogP) is 17.7. The molecule has 0 fully saturated rings. The standard InChI is InChI=1S/C57H98O5/c1-4-7-10-13-16-19-22-25-27-28-29-30-32-33-35-38-41-44-47-50-56(58)61-54-55(53-60-52-49-46-43-40-37-24-21-18-15-12-9-6-3)62-57(59)51-48-45-42-39-36-34-31-26-23-20-17-14-11-8-5-2/h7,10,15-16,18-19,25,27,29-30,33,35,41,44,55H,4-6,8-9,11-14,17,20-24,26,28,31-32,34,36-40,42-43,45-54H2,1-3H3/b10-7-,18-15-,19-16-,27-25-,30-29-,35-33-,44-41-. The van der Waals surface area contributed by atoms with Crippen LogP contribution in [0.4, 0.5) is 0 Å². The van der Waals surface area contributed by atoms with E-state index >= 15 is 0 Å². The zero-order valence-corrected chi connectivity index (χ0v) is 40.9. The van der Waals surface area contributed by atoms with Crippen molar-refractivity contribution in [2.24, 2.45) is 0 Å². The zero-order valence-electron chi connectivity index (χ0n) is 40.9. The van der Waals surface area contributed by atoms with E-state index < -0.39 is 6.10 Å². The largest absolute Gasteiger partial charge is 0.462 e. The number of esters is 2. The van der Waals surface area contributed by atoms with E-state index in [4.69, 9.17) is 14.2 Å². The quantitative estimate of drug-likeness (QED) is 0.0346. The molecule has 5 heteroatoms. The lowest BCUT2D eigenvalue weighted by molar-refractivity contribution is -0.162. The van der Waals surface area contributed by atoms with Gasteiger partial charge in [-0.05, 0) is 77.0 Å². The zero-order chi connectivity index (χ0) is 44.9. The Kier molecular flexibility index (Phi) is 50.0. The molecular weight excluding hydrogens is 765 g/mol. The summed E-state index contributed by atoms with van der Waals surface area (Å²) >= 11 is 0. The first kappa shape index (κ1) is 59.1. The molecule has 0 bridgehead atoms. The van der Waals surface area contributed by atoms with Gasteiger partial charge in [0.15, 0.2) is 6.10 Å². The molecule has 0 radical (unpaired) electrons. The summed E-state index contributed by atoms with van der Waals surface area (Å²) in [5.74, 6) is -0.494. The first-order chi connectivity index (χ1) is 30.6. The van der Waals surface area contributed by atoms with E-state index in [0.717, 1.165) is 64.2 Å². The van der Waals surface area contributed by atoms with Crippen LogP contribution in [0.3, 0.4) is 0 Å². The number of allylic oxidation sites excluding steroid dienone is 14. The Morgan fingerprint density at radius 2 is 0.774 bits per heavy atom. The van der Waals surface area contributed by atoms with Gasteiger partial charge >= 0.3 is 11.9 Å². The minimum absolute atomic E-state index is 0.0417. The van der Waals surface area contributed by atoms with Crippen molar-refractivity contribution in [1.82, 2.24) is 0 Å². The first-order valence-electron chi connectivity index (χ1n) is 26.1. The molecule has 0 spiro atoms. The van der Waals surface area contributed by atoms with Crippen molar-refractivity contribution < 1.29 is 23.8 Å². The van der Waals surface area contributed by atoms with E-state index in [1.54, 1.807) is 0 Å². The number of unbranched alkanes of at least 4 members (excludes halogenated alkanes) is 22. The molecule has 0 aromatic heterocycles. The summed E-state index contributed by atoms with van der Waals surface area (Å²) < 4.78 is 17.3. The molecule has 0 saturated carbocycles. The molecule has 0 rings (SSSR count). The molecule has 0 amide bonds. The number of carbonyl (C=O) groups excluding carboxylic acids is 2. The Hall–Kier alpha value is -2.92. The maximum atomic E-state index is 12.8. The highest BCUT2D eigenvalue weighted by atomic mass is 16.6. The van der Waals surface area contributed by atoms with Crippen molar-refractivity contribution in [2.75, 3.05) is 19.8 Å². The molecule has 0 saturated heterocycles. The monoisotopic (exact) mass is 863 g/mol. The SMILES string of the molecule is CC/C=C\C/C=C\C/C=C\C/C=C\C/C=C\C/C=C\CCC(=O)OCC(COCCCCCCCC/C=C\CCCC)OC(=O)CCCCCCCCCCCCCCCCC. The van der Waals surface area contributed by atoms with Gasteiger partial charge in [-0.15, -0.1) is 0 Å². The van der Waals surface area contributed by atoms with Crippen LogP contribution in [0.5, 0.6) is 0 Å². The Morgan fingerprint density at radius 1 is 0.371 bits per heavy atom. The number of carbonyl (C=O) groups is 2. The van der Waals surface area contributed by atoms with Crippen molar-refractivity contribution in [3.8, 4) is 0 Å². The van der Waals surface area contributed by atoms with Gasteiger partial charge in [-0.3, -0.25) is 9.59 Å². The Morgan fingerprint density at radius 3 is 1.27 bits per heavy atom. The summed E-state index contributed by atoms with van der Waals surface area (Å²) in [6, 6.07) is 0. The lowest BCUT2D eigenvalue weighted by Gasteiger charge is -2.18. The Balaban J connectivity index is 4.37. The van der Waals surface area contributed by atoms with Crippen LogP contribution in [-0.2, 0) is 23.8 Å². The van der Waals surface area contributed by atoms with E-state index in [0.29, 0.717) is 25.9 Å². The van der Waals surface area contributed by atoms with E-state index in [1.165, 1.54) is 135 Å². The second kappa shape index (κ2) is 52.4. The van der Waals surface area contributed by atoms with E-state index in [2.05, 4.69) is 99.8 Å². The fourth-order valence-corrected chi connectivity index (χ4v) is 7.05. The molecule has 5 nitrogen and oxygen atoms in total. The van der Waals surface area contributed by atoms with Crippen LogP contribution in [-0.4, -0.2) is 37.9 Å². The Labute approximate surface area is 384 Å². The average Bonchev–Trinajstić information content (AvgIpc) is 3.27. The maximum absolute atomic E-state index is 12.8. The minimum atomic E-state index is -0.570. The molecule has 0 aliphatic carbocycles. The van der Waals surface area contributed by atoms with Gasteiger partial charge in [0, 0.05) is 19.4 Å². The molecule has 0 aliphatic heterocycles. The third-order valence-corrected chi connectivity index (χ3v) is 10.9. The second-order valence-electron chi connectivity index (χ2n) is 17.0. The first-order valence-corrected chi connectivity index (χ1v) is 26.1. The van der Waals surface area contributed by atoms with Crippen LogP contribution in [0, 0.1) is 0 Å². The highest BCUT2D eigenvalue weighted by Gasteiger charge is 2.17. The fourth-order valence-electron chi connectivity index (χ4n) is 7.05. The van der Waals surface area contributed by atoms with Crippen molar-refractivity contribution in [1.29, 1.82) is 0 Å². The average molecular weight is 863 g/mol. The van der Waals surface area contributed by atoms with Gasteiger partial charge < -0.3 is 14.2 Å². The molecule has 0 aliphatic rings. The minimum Gasteiger partial charge on any atom is -0.462 e. The maximum Gasteiger partial charge on any atom is 0.306 e. The number of rotatable bonds is 47. The number of ether oxygens (including phenoxy) is 3. The molecule has 1 unspecified atom stereocenters. The van der Waals surface area contributed by atoms with Crippen LogP contribution >= 0.6 is 0 Å². The second-order valence-corrected chi connectivity index (χ2v) is 17.0. The number of hydrogen-bond donors (Lipinski definition) is 0. The summed E-state index contributed by atoms with van der Waals surface area (Å²) in [7, 11) is 0. The van der Waals surface area contributed by atoms with Gasteiger partial charge in [-0.25, -0.2) is 0 Å². The molecule has 0 aromatic carbocycles. The van der Waals surface area contributed by atoms with Gasteiger partial charge in [0.1, 0.15) is 6.61 Å². The molecular formula is C57H98O5. The predicted molar refractivity (Wildman–Crippen MR) is 270 cm³/mol. The van der Waals surface area contributed by atoms with Gasteiger partial charge in [-0.1, -0.05) is 234 Å². The summed E-state index contributed by atoms with van der Waals surface area (Å²) in [5, 5.41) is 0. The van der Waals surface area contributed by atoms with Crippen LogP contribution in [0.15, 0.2) is 85.1 Å². The lowest BCUT2D eigenvalue weighted by Crippen LogP contribution is -2.30. The van der Waals surface area contributed by atoms with Crippen molar-refractivity contribution >= 4 is 11.9 Å². The van der Waals surface area contributed by atoms with Crippen LogP contribution in [0.2, 0.25) is 0 Å². The summed E-state index contributed by atoms with van der Waals surface area (Å²) in [5.41, 5.74) is 0. The summed E-state index contributed by atoms with van der Waals surface area (Å²) in [4.78, 5) is 25.4. The van der Waals surface area contributed by atoms with E-state index in [1.807, 2.05) is 6.08 Å². The van der Waals surface area contributed by atoms with Crippen molar-refractivity contribution in [3.63, 3.8) is 0 Å². The molecule has 356 valence electrons. The van der Waals surface area contributed by atoms with Gasteiger partial charge in [0.2, 0.25) is 0 Å². The molecule has 1 atom stereocenters. The normalized spacial score (nSPS) is 12.9. The van der Waals surface area contributed by atoms with Crippen LogP contribution in [0.25, 0.3) is 0 Å². The van der Waals surface area contributed by atoms with E-state index in [9.17, 15) is 9.59 Å². The Bertz CT molecular complexity index is 1160. The van der Waals surface area contributed by atoms with Crippen molar-refractivity contribution in [3.05, 3.63) is 85.1 Å². The third kappa shape index (κ3) is 49.7. The number of hydrogen-bond acceptors (Lipinski definition) is 5. The molecule has 0 aromatic rings. The highest BCUT2D eigenvalue weighted by Crippen LogP contribution is 2.15. The topological polar surface area (TPSA) is 61.8 Å². The summed E-state index contributed by atoms with van der Waals surface area (Å²) in [6.07, 6.45) is 68.9. The lowest BCUT2D eigenvalue weighted by atomic mass is 10.0. The molecule has 0 heterocycles. The van der Waals surface area contributed by atoms with Crippen molar-refractivity contribution in [2.45, 2.75) is 245 Å². The van der Waals surface area contributed by atoms with Gasteiger partial charge in [0.25, 0.3) is 0 Å². The fraction of sp³-hybridized carbons (Fsp3) is 0.719. The smallest absolute Gasteiger partial charge is 0.306 e. The van der Waals surface area contributed by atoms with Crippen LogP contribution in [0.1, 0.15) is 239 Å². The molecule has 0 N–H and O–H groups in total. The van der Waals surface area contributed by atoms with E-state index in [-0.39, 0.29) is 25.2 Å². The van der Waals surface area contributed by atoms with Gasteiger partial charge in [0.05, 0.1) is 6.61 Å². The van der Waals surface area contributed by atoms with Crippen LogP contribution < -0.4 is 0 Å². The van der Waals surface area contributed by atoms with Gasteiger partial charge in [-0.2, -0.15) is 0 Å². The highest BCUT2D eigenvalue weighted by molar-refractivity contribution is 5.70.